The zero-order valence-electron chi connectivity index (χ0n) is 9.96. The normalized spacial score (nSPS) is 11.6. The molecule has 0 atom stereocenters. The van der Waals surface area contributed by atoms with Crippen molar-refractivity contribution in [2.75, 3.05) is 6.26 Å². The number of nitrogens with zero attached hydrogens (tertiary/aromatic N) is 4. The van der Waals surface area contributed by atoms with Crippen LogP contribution in [0.5, 0.6) is 0 Å². The zero-order valence-corrected chi connectivity index (χ0v) is 10.8. The van der Waals surface area contributed by atoms with Crippen LogP contribution in [-0.2, 0) is 6.18 Å². The monoisotopic (exact) mass is 304 g/mol. The van der Waals surface area contributed by atoms with Crippen LogP contribution in [0.4, 0.5) is 18.9 Å². The average molecular weight is 304 g/mol. The molecule has 6 nitrogen and oxygen atoms in total. The van der Waals surface area contributed by atoms with Crippen LogP contribution in [0.2, 0.25) is 0 Å². The lowest BCUT2D eigenvalue weighted by molar-refractivity contribution is -0.384. The van der Waals surface area contributed by atoms with Crippen LogP contribution in [0, 0.1) is 10.1 Å². The van der Waals surface area contributed by atoms with Gasteiger partial charge in [-0.25, -0.2) is 4.68 Å². The minimum absolute atomic E-state index is 0.0474. The van der Waals surface area contributed by atoms with Gasteiger partial charge in [0.25, 0.3) is 11.5 Å². The van der Waals surface area contributed by atoms with Crippen molar-refractivity contribution in [1.82, 2.24) is 14.8 Å². The highest BCUT2D eigenvalue weighted by Crippen LogP contribution is 2.29. The molecule has 10 heteroatoms. The van der Waals surface area contributed by atoms with Crippen LogP contribution >= 0.6 is 11.8 Å². The Hall–Kier alpha value is -2.10. The Kier molecular flexibility index (Phi) is 3.66. The maximum absolute atomic E-state index is 12.6. The molecule has 0 unspecified atom stereocenters. The minimum atomic E-state index is -4.64. The SMILES string of the molecule is CSc1nc(C(F)(F)F)nn1-c1ccc([N+](=O)[O-])cc1. The molecule has 1 heterocycles. The molecule has 0 amide bonds. The minimum Gasteiger partial charge on any atom is -0.258 e. The van der Waals surface area contributed by atoms with Gasteiger partial charge in [0.1, 0.15) is 0 Å². The molecule has 106 valence electrons. The predicted molar refractivity (Wildman–Crippen MR) is 64.8 cm³/mol. The van der Waals surface area contributed by atoms with E-state index in [-0.39, 0.29) is 16.5 Å². The van der Waals surface area contributed by atoms with Gasteiger partial charge in [-0.3, -0.25) is 10.1 Å². The van der Waals surface area contributed by atoms with Crippen molar-refractivity contribution in [2.45, 2.75) is 11.3 Å². The smallest absolute Gasteiger partial charge is 0.258 e. The highest BCUT2D eigenvalue weighted by molar-refractivity contribution is 7.98. The van der Waals surface area contributed by atoms with Gasteiger partial charge in [0.2, 0.25) is 0 Å². The van der Waals surface area contributed by atoms with Gasteiger partial charge in [0.15, 0.2) is 5.16 Å². The third-order valence-corrected chi connectivity index (χ3v) is 2.95. The first-order valence-electron chi connectivity index (χ1n) is 5.16. The molecule has 0 aliphatic heterocycles. The van der Waals surface area contributed by atoms with Crippen molar-refractivity contribution in [3.63, 3.8) is 0 Å². The van der Waals surface area contributed by atoms with Crippen LogP contribution in [-0.4, -0.2) is 25.9 Å². The Bertz CT molecular complexity index is 639. The molecule has 0 aliphatic carbocycles. The Balaban J connectivity index is 2.46. The van der Waals surface area contributed by atoms with E-state index in [9.17, 15) is 23.3 Å². The first-order chi connectivity index (χ1) is 9.32. The molecular weight excluding hydrogens is 297 g/mol. The molecule has 2 aromatic rings. The summed E-state index contributed by atoms with van der Waals surface area (Å²) in [6.07, 6.45) is -3.08. The topological polar surface area (TPSA) is 73.8 Å². The predicted octanol–water partition coefficient (Wildman–Crippen LogP) is 2.92. The van der Waals surface area contributed by atoms with Gasteiger partial charge < -0.3 is 0 Å². The van der Waals surface area contributed by atoms with E-state index < -0.39 is 16.9 Å². The lowest BCUT2D eigenvalue weighted by Gasteiger charge is -2.03. The molecule has 0 saturated carbocycles. The largest absolute Gasteiger partial charge is 0.453 e. The number of non-ortho nitro benzene ring substituents is 1. The Morgan fingerprint density at radius 3 is 2.35 bits per heavy atom. The number of aromatic nitrogens is 3. The molecule has 20 heavy (non-hydrogen) atoms. The molecule has 0 fully saturated rings. The standard InChI is InChI=1S/C10H7F3N4O2S/c1-20-9-14-8(10(11,12)13)15-16(9)6-2-4-7(5-3-6)17(18)19/h2-5H,1H3. The van der Waals surface area contributed by atoms with Crippen molar-refractivity contribution in [2.24, 2.45) is 0 Å². The summed E-state index contributed by atoms with van der Waals surface area (Å²) < 4.78 is 38.7. The highest BCUT2D eigenvalue weighted by Gasteiger charge is 2.37. The molecule has 0 saturated heterocycles. The van der Waals surface area contributed by atoms with E-state index in [2.05, 4.69) is 10.1 Å². The van der Waals surface area contributed by atoms with Crippen LogP contribution in [0.1, 0.15) is 5.82 Å². The van der Waals surface area contributed by atoms with E-state index in [1.165, 1.54) is 24.3 Å². The first kappa shape index (κ1) is 14.3. The van der Waals surface area contributed by atoms with Crippen LogP contribution in [0.15, 0.2) is 29.4 Å². The van der Waals surface area contributed by atoms with Crippen LogP contribution < -0.4 is 0 Å². The third-order valence-electron chi connectivity index (χ3n) is 2.32. The fraction of sp³-hybridized carbons (Fsp3) is 0.200. The second-order valence-corrected chi connectivity index (χ2v) is 4.38. The summed E-state index contributed by atoms with van der Waals surface area (Å²) in [6.45, 7) is 0. The van der Waals surface area contributed by atoms with E-state index in [1.54, 1.807) is 6.26 Å². The second-order valence-electron chi connectivity index (χ2n) is 3.61. The maximum Gasteiger partial charge on any atom is 0.453 e. The number of nitro groups is 1. The van der Waals surface area contributed by atoms with Gasteiger partial charge in [-0.15, -0.1) is 5.10 Å². The molecule has 0 bridgehead atoms. The maximum atomic E-state index is 12.6. The van der Waals surface area contributed by atoms with E-state index in [1.807, 2.05) is 0 Å². The van der Waals surface area contributed by atoms with E-state index in [4.69, 9.17) is 0 Å². The number of alkyl halides is 3. The van der Waals surface area contributed by atoms with Gasteiger partial charge in [0, 0.05) is 12.1 Å². The summed E-state index contributed by atoms with van der Waals surface area (Å²) in [6, 6.07) is 5.00. The number of rotatable bonds is 3. The van der Waals surface area contributed by atoms with Gasteiger partial charge in [-0.2, -0.15) is 18.2 Å². The molecule has 1 aromatic heterocycles. The quantitative estimate of drug-likeness (QED) is 0.495. The van der Waals surface area contributed by atoms with Crippen LogP contribution in [0.25, 0.3) is 5.69 Å². The molecular formula is C10H7F3N4O2S. The fourth-order valence-corrected chi connectivity index (χ4v) is 1.93. The van der Waals surface area contributed by atoms with E-state index >= 15 is 0 Å². The molecule has 0 radical (unpaired) electrons. The summed E-state index contributed by atoms with van der Waals surface area (Å²) in [5.41, 5.74) is 0.110. The lowest BCUT2D eigenvalue weighted by atomic mass is 10.3. The van der Waals surface area contributed by atoms with Gasteiger partial charge in [-0.1, -0.05) is 11.8 Å². The summed E-state index contributed by atoms with van der Waals surface area (Å²) in [5.74, 6) is -1.25. The average Bonchev–Trinajstić information content (AvgIpc) is 2.82. The van der Waals surface area contributed by atoms with Gasteiger partial charge >= 0.3 is 6.18 Å². The van der Waals surface area contributed by atoms with Gasteiger partial charge in [-0.05, 0) is 18.4 Å². The summed E-state index contributed by atoms with van der Waals surface area (Å²) in [5, 5.41) is 14.0. The van der Waals surface area contributed by atoms with Crippen molar-refractivity contribution < 1.29 is 18.1 Å². The molecule has 0 aliphatic rings. The number of hydrogen-bond donors (Lipinski definition) is 0. The third kappa shape index (κ3) is 2.74. The summed E-state index contributed by atoms with van der Waals surface area (Å²) in [7, 11) is 0. The van der Waals surface area contributed by atoms with Crippen molar-refractivity contribution in [3.05, 3.63) is 40.2 Å². The van der Waals surface area contributed by atoms with E-state index in [0.29, 0.717) is 0 Å². The van der Waals surface area contributed by atoms with Crippen LogP contribution in [0.3, 0.4) is 0 Å². The Labute approximate surface area is 114 Å². The first-order valence-corrected chi connectivity index (χ1v) is 6.38. The molecule has 0 spiro atoms. The summed E-state index contributed by atoms with van der Waals surface area (Å²) in [4.78, 5) is 13.3. The van der Waals surface area contributed by atoms with Crippen molar-refractivity contribution in [3.8, 4) is 5.69 Å². The number of halogens is 3. The zero-order chi connectivity index (χ0) is 14.9. The highest BCUT2D eigenvalue weighted by atomic mass is 32.2. The number of hydrogen-bond acceptors (Lipinski definition) is 5. The number of benzene rings is 1. The Morgan fingerprint density at radius 2 is 1.90 bits per heavy atom. The van der Waals surface area contributed by atoms with Gasteiger partial charge in [0.05, 0.1) is 10.6 Å². The molecule has 2 rings (SSSR count). The summed E-state index contributed by atoms with van der Waals surface area (Å²) >= 11 is 0.993. The van der Waals surface area contributed by atoms with E-state index in [0.717, 1.165) is 16.4 Å². The number of thioether (sulfide) groups is 1. The fourth-order valence-electron chi connectivity index (χ4n) is 1.43. The molecule has 0 N–H and O–H groups in total. The Morgan fingerprint density at radius 1 is 1.30 bits per heavy atom. The van der Waals surface area contributed by atoms with Crippen molar-refractivity contribution >= 4 is 17.4 Å². The van der Waals surface area contributed by atoms with Crippen molar-refractivity contribution in [1.29, 1.82) is 0 Å². The second kappa shape index (κ2) is 5.12. The lowest BCUT2D eigenvalue weighted by Crippen LogP contribution is -2.08. The number of nitro benzene ring substituents is 1. The molecule has 1 aromatic carbocycles.